The van der Waals surface area contributed by atoms with Gasteiger partial charge >= 0.3 is 12.4 Å². The molecule has 1 aliphatic rings. The second-order valence-corrected chi connectivity index (χ2v) is 9.79. The van der Waals surface area contributed by atoms with E-state index < -0.39 is 49.7 Å². The van der Waals surface area contributed by atoms with Crippen LogP contribution >= 0.6 is 11.6 Å². The lowest BCUT2D eigenvalue weighted by Gasteiger charge is -2.30. The van der Waals surface area contributed by atoms with Crippen molar-refractivity contribution < 1.29 is 34.8 Å². The smallest absolute Gasteiger partial charge is 0.367 e. The maximum Gasteiger partial charge on any atom is 0.416 e. The number of rotatable bonds is 6. The van der Waals surface area contributed by atoms with E-state index in [1.807, 2.05) is 0 Å². The molecule has 0 spiro atoms. The van der Waals surface area contributed by atoms with Gasteiger partial charge in [-0.2, -0.15) is 31.6 Å². The van der Waals surface area contributed by atoms with Gasteiger partial charge in [0, 0.05) is 16.8 Å². The van der Waals surface area contributed by atoms with E-state index in [-0.39, 0.29) is 22.0 Å². The Kier molecular flexibility index (Phi) is 7.10. The summed E-state index contributed by atoms with van der Waals surface area (Å²) in [5, 5.41) is 14.9. The van der Waals surface area contributed by atoms with Crippen molar-refractivity contribution in [1.82, 2.24) is 5.32 Å². The van der Waals surface area contributed by atoms with Gasteiger partial charge in [-0.25, -0.2) is 8.42 Å². The minimum atomic E-state index is -5.10. The molecule has 1 fully saturated rings. The van der Waals surface area contributed by atoms with Crippen molar-refractivity contribution in [1.29, 1.82) is 5.26 Å². The first-order valence-electron chi connectivity index (χ1n) is 9.70. The highest BCUT2D eigenvalue weighted by Gasteiger charge is 2.37. The summed E-state index contributed by atoms with van der Waals surface area (Å²) in [4.78, 5) is -1.23. The Labute approximate surface area is 195 Å². The molecule has 2 N–H and O–H groups in total. The first kappa shape index (κ1) is 25.7. The van der Waals surface area contributed by atoms with Gasteiger partial charge in [0.25, 0.3) is 0 Å². The molecule has 0 aromatic heterocycles. The van der Waals surface area contributed by atoms with Gasteiger partial charge in [0.05, 0.1) is 16.0 Å². The maximum absolute atomic E-state index is 13.2. The number of nitrogens with one attached hydrogen (secondary N) is 2. The van der Waals surface area contributed by atoms with Crippen molar-refractivity contribution >= 4 is 27.1 Å². The van der Waals surface area contributed by atoms with Crippen molar-refractivity contribution in [3.63, 3.8) is 0 Å². The third kappa shape index (κ3) is 5.77. The first-order chi connectivity index (χ1) is 15.7. The molecule has 13 heteroatoms. The van der Waals surface area contributed by atoms with E-state index in [1.165, 1.54) is 18.2 Å². The summed E-state index contributed by atoms with van der Waals surface area (Å²) < 4.78 is 106. The molecule has 5 nitrogen and oxygen atoms in total. The predicted molar refractivity (Wildman–Crippen MR) is 112 cm³/mol. The van der Waals surface area contributed by atoms with Gasteiger partial charge in [0.1, 0.15) is 11.9 Å². The maximum atomic E-state index is 13.2. The van der Waals surface area contributed by atoms with E-state index in [1.54, 1.807) is 0 Å². The van der Waals surface area contributed by atoms with Crippen LogP contribution in [0, 0.1) is 11.3 Å². The number of sulfone groups is 1. The van der Waals surface area contributed by atoms with Crippen molar-refractivity contribution in [2.45, 2.75) is 42.6 Å². The van der Waals surface area contributed by atoms with Crippen LogP contribution in [0.5, 0.6) is 0 Å². The highest BCUT2D eigenvalue weighted by atomic mass is 35.5. The van der Waals surface area contributed by atoms with E-state index in [0.29, 0.717) is 25.0 Å². The van der Waals surface area contributed by atoms with Crippen LogP contribution in [0.4, 0.5) is 32.0 Å². The molecule has 0 saturated heterocycles. The standard InChI is InChI=1S/C21H16ClF6N3O2S/c22-14-4-6-17(7-5-14)34(32,33)18(11-29)19(30-15-2-1-3-15)31-16-9-12(20(23,24)25)8-13(10-16)21(26,27)28/h4-10,15,30-31H,1-3H2/b19-18-. The molecule has 2 aromatic rings. The van der Waals surface area contributed by atoms with E-state index >= 15 is 0 Å². The van der Waals surface area contributed by atoms with Crippen LogP contribution in [0.15, 0.2) is 58.1 Å². The molecule has 0 radical (unpaired) electrons. The third-order valence-corrected chi connectivity index (χ3v) is 7.01. The van der Waals surface area contributed by atoms with Crippen molar-refractivity contribution in [2.24, 2.45) is 0 Å². The van der Waals surface area contributed by atoms with Crippen molar-refractivity contribution in [2.75, 3.05) is 5.32 Å². The second-order valence-electron chi connectivity index (χ2n) is 7.47. The Hall–Kier alpha value is -2.91. The molecular weight excluding hydrogens is 508 g/mol. The molecule has 0 atom stereocenters. The molecular formula is C21H16ClF6N3O2S. The van der Waals surface area contributed by atoms with Gasteiger partial charge in [-0.1, -0.05) is 11.6 Å². The number of nitriles is 1. The van der Waals surface area contributed by atoms with Crippen LogP contribution in [0.1, 0.15) is 30.4 Å². The fraction of sp³-hybridized carbons (Fsp3) is 0.286. The number of hydrogen-bond acceptors (Lipinski definition) is 5. The number of hydrogen-bond donors (Lipinski definition) is 2. The second kappa shape index (κ2) is 9.38. The van der Waals surface area contributed by atoms with E-state index in [2.05, 4.69) is 10.6 Å². The first-order valence-corrected chi connectivity index (χ1v) is 11.6. The van der Waals surface area contributed by atoms with Gasteiger partial charge in [0.2, 0.25) is 9.84 Å². The summed E-state index contributed by atoms with van der Waals surface area (Å²) in [6.45, 7) is 0. The van der Waals surface area contributed by atoms with Gasteiger partial charge < -0.3 is 10.6 Å². The molecule has 0 heterocycles. The fourth-order valence-electron chi connectivity index (χ4n) is 3.07. The lowest BCUT2D eigenvalue weighted by molar-refractivity contribution is -0.143. The summed E-state index contributed by atoms with van der Waals surface area (Å²) >= 11 is 5.76. The summed E-state index contributed by atoms with van der Waals surface area (Å²) in [6, 6.07) is 6.72. The average molecular weight is 524 g/mol. The lowest BCUT2D eigenvalue weighted by atomic mass is 9.93. The zero-order valence-corrected chi connectivity index (χ0v) is 18.6. The number of allylic oxidation sites excluding steroid dienone is 1. The summed E-state index contributed by atoms with van der Waals surface area (Å²) in [7, 11) is -4.50. The normalized spacial score (nSPS) is 15.7. The van der Waals surface area contributed by atoms with Gasteiger partial charge in [-0.3, -0.25) is 0 Å². The monoisotopic (exact) mass is 523 g/mol. The Balaban J connectivity index is 2.15. The highest BCUT2D eigenvalue weighted by Crippen LogP contribution is 2.38. The number of nitrogens with zero attached hydrogens (tertiary/aromatic N) is 1. The van der Waals surface area contributed by atoms with Gasteiger partial charge in [0.15, 0.2) is 4.91 Å². The zero-order chi connectivity index (χ0) is 25.3. The number of anilines is 1. The summed E-state index contributed by atoms with van der Waals surface area (Å²) in [5.74, 6) is -0.519. The molecule has 0 bridgehead atoms. The van der Waals surface area contributed by atoms with E-state index in [0.717, 1.165) is 18.6 Å². The molecule has 2 aromatic carbocycles. The van der Waals surface area contributed by atoms with Crippen LogP contribution in [0.3, 0.4) is 0 Å². The lowest BCUT2D eigenvalue weighted by Crippen LogP contribution is -2.38. The highest BCUT2D eigenvalue weighted by molar-refractivity contribution is 7.95. The molecule has 0 unspecified atom stereocenters. The van der Waals surface area contributed by atoms with Crippen LogP contribution in [0.25, 0.3) is 0 Å². The number of halogens is 7. The molecule has 3 rings (SSSR count). The summed E-state index contributed by atoms with van der Waals surface area (Å²) in [5.41, 5.74) is -3.87. The quantitative estimate of drug-likeness (QED) is 0.353. The van der Waals surface area contributed by atoms with E-state index in [9.17, 15) is 40.0 Å². The minimum absolute atomic E-state index is 0.0520. The molecule has 0 amide bonds. The van der Waals surface area contributed by atoms with Crippen LogP contribution in [-0.4, -0.2) is 14.5 Å². The predicted octanol–water partition coefficient (Wildman–Crippen LogP) is 6.10. The fourth-order valence-corrected chi connectivity index (χ4v) is 4.42. The Morgan fingerprint density at radius 1 is 0.971 bits per heavy atom. The minimum Gasteiger partial charge on any atom is -0.367 e. The van der Waals surface area contributed by atoms with Crippen LogP contribution in [-0.2, 0) is 22.2 Å². The Morgan fingerprint density at radius 3 is 1.91 bits per heavy atom. The topological polar surface area (TPSA) is 82.0 Å². The number of alkyl halides is 6. The average Bonchev–Trinajstić information content (AvgIpc) is 2.69. The van der Waals surface area contributed by atoms with Gasteiger partial charge in [-0.15, -0.1) is 0 Å². The van der Waals surface area contributed by atoms with Gasteiger partial charge in [-0.05, 0) is 61.7 Å². The largest absolute Gasteiger partial charge is 0.416 e. The molecule has 1 aliphatic carbocycles. The molecule has 1 saturated carbocycles. The zero-order valence-electron chi connectivity index (χ0n) is 17.1. The van der Waals surface area contributed by atoms with Crippen LogP contribution < -0.4 is 10.6 Å². The van der Waals surface area contributed by atoms with Crippen molar-refractivity contribution in [3.05, 3.63) is 69.3 Å². The third-order valence-electron chi connectivity index (χ3n) is 5.03. The Bertz CT molecular complexity index is 1210. The SMILES string of the molecule is N#C/C(=C(/Nc1cc(C(F)(F)F)cc(C(F)(F)F)c1)NC1CCC1)S(=O)(=O)c1ccc(Cl)cc1. The summed E-state index contributed by atoms with van der Waals surface area (Å²) in [6.07, 6.45) is -8.28. The molecule has 182 valence electrons. The van der Waals surface area contributed by atoms with Crippen LogP contribution in [0.2, 0.25) is 5.02 Å². The molecule has 34 heavy (non-hydrogen) atoms. The number of benzene rings is 2. The van der Waals surface area contributed by atoms with E-state index in [4.69, 9.17) is 11.6 Å². The molecule has 0 aliphatic heterocycles. The Morgan fingerprint density at radius 2 is 1.50 bits per heavy atom. The van der Waals surface area contributed by atoms with Crippen molar-refractivity contribution in [3.8, 4) is 6.07 Å².